The van der Waals surface area contributed by atoms with Gasteiger partial charge in [-0.25, -0.2) is 0 Å². The molecule has 1 aliphatic heterocycles. The number of ether oxygens (including phenoxy) is 1. The Morgan fingerprint density at radius 1 is 1.52 bits per heavy atom. The highest BCUT2D eigenvalue weighted by molar-refractivity contribution is 5.81. The van der Waals surface area contributed by atoms with Crippen molar-refractivity contribution in [1.29, 1.82) is 0 Å². The molecule has 1 heterocycles. The lowest BCUT2D eigenvalue weighted by Crippen LogP contribution is -2.56. The number of hydrogen-bond acceptors (Lipinski definition) is 4. The summed E-state index contributed by atoms with van der Waals surface area (Å²) in [6, 6.07) is 8.04. The average Bonchev–Trinajstić information content (AvgIpc) is 2.53. The highest BCUT2D eigenvalue weighted by atomic mass is 16.5. The Hall–Kier alpha value is -1.59. The van der Waals surface area contributed by atoms with Crippen molar-refractivity contribution in [3.63, 3.8) is 0 Å². The second-order valence-corrected chi connectivity index (χ2v) is 5.30. The minimum absolute atomic E-state index is 0.0700. The molecule has 5 heteroatoms. The molecule has 2 N–H and O–H groups in total. The normalized spacial score (nSPS) is 19.2. The second-order valence-electron chi connectivity index (χ2n) is 5.30. The van der Waals surface area contributed by atoms with Crippen LogP contribution in [0.1, 0.15) is 18.9 Å². The molecular weight excluding hydrogens is 266 g/mol. The molecule has 0 radical (unpaired) electrons. The average molecular weight is 291 g/mol. The van der Waals surface area contributed by atoms with Crippen molar-refractivity contribution < 1.29 is 9.53 Å². The molecule has 1 aromatic carbocycles. The summed E-state index contributed by atoms with van der Waals surface area (Å²) in [7, 11) is 1.69. The van der Waals surface area contributed by atoms with Crippen LogP contribution in [0.3, 0.4) is 0 Å². The number of amides is 1. The van der Waals surface area contributed by atoms with E-state index in [-0.39, 0.29) is 11.9 Å². The molecular formula is C16H25N3O2. The van der Waals surface area contributed by atoms with E-state index in [0.717, 1.165) is 38.4 Å². The summed E-state index contributed by atoms with van der Waals surface area (Å²) in [4.78, 5) is 14.2. The van der Waals surface area contributed by atoms with E-state index < -0.39 is 0 Å². The van der Waals surface area contributed by atoms with Crippen molar-refractivity contribution in [3.05, 3.63) is 29.8 Å². The molecule has 1 fully saturated rings. The van der Waals surface area contributed by atoms with Gasteiger partial charge in [-0.15, -0.1) is 0 Å². The van der Waals surface area contributed by atoms with Gasteiger partial charge in [0.15, 0.2) is 0 Å². The van der Waals surface area contributed by atoms with Crippen LogP contribution in [-0.2, 0) is 11.3 Å². The van der Waals surface area contributed by atoms with Crippen LogP contribution in [0.25, 0.3) is 0 Å². The fourth-order valence-electron chi connectivity index (χ4n) is 2.55. The van der Waals surface area contributed by atoms with Crippen LogP contribution in [-0.4, -0.2) is 50.1 Å². The first-order valence-electron chi connectivity index (χ1n) is 7.62. The molecule has 0 aromatic heterocycles. The standard InChI is InChI=1S/C16H25N3O2/c1-3-9-21-14-6-4-5-13(10-14)12-19-8-7-18-11-15(19)16(20)17-2/h4-6,10,15,18H,3,7-9,11-12H2,1-2H3,(H,17,20). The quantitative estimate of drug-likeness (QED) is 0.821. The number of likely N-dealkylation sites (N-methyl/N-ethyl adjacent to an activating group) is 1. The molecule has 5 nitrogen and oxygen atoms in total. The number of nitrogens with one attached hydrogen (secondary N) is 2. The molecule has 1 amide bonds. The maximum absolute atomic E-state index is 12.0. The zero-order valence-corrected chi connectivity index (χ0v) is 12.9. The number of piperazine rings is 1. The molecule has 0 aliphatic carbocycles. The monoisotopic (exact) mass is 291 g/mol. The minimum Gasteiger partial charge on any atom is -0.494 e. The largest absolute Gasteiger partial charge is 0.494 e. The number of carbonyl (C=O) groups excluding carboxylic acids is 1. The van der Waals surface area contributed by atoms with Gasteiger partial charge in [0, 0.05) is 33.2 Å². The Bertz CT molecular complexity index is 465. The van der Waals surface area contributed by atoms with Crippen LogP contribution in [0.2, 0.25) is 0 Å². The van der Waals surface area contributed by atoms with Crippen LogP contribution >= 0.6 is 0 Å². The number of carbonyl (C=O) groups is 1. The predicted molar refractivity (Wildman–Crippen MR) is 83.4 cm³/mol. The van der Waals surface area contributed by atoms with Gasteiger partial charge >= 0.3 is 0 Å². The summed E-state index contributed by atoms with van der Waals surface area (Å²) < 4.78 is 5.67. The van der Waals surface area contributed by atoms with Crippen molar-refractivity contribution in [1.82, 2.24) is 15.5 Å². The Kier molecular flexibility index (Phi) is 6.02. The fraction of sp³-hybridized carbons (Fsp3) is 0.562. The molecule has 1 saturated heterocycles. The first kappa shape index (κ1) is 15.8. The molecule has 1 atom stereocenters. The maximum Gasteiger partial charge on any atom is 0.238 e. The first-order chi connectivity index (χ1) is 10.2. The SMILES string of the molecule is CCCOc1cccc(CN2CCNCC2C(=O)NC)c1. The Morgan fingerprint density at radius 2 is 2.38 bits per heavy atom. The smallest absolute Gasteiger partial charge is 0.238 e. The van der Waals surface area contributed by atoms with Gasteiger partial charge in [0.25, 0.3) is 0 Å². The molecule has 0 bridgehead atoms. The zero-order valence-electron chi connectivity index (χ0n) is 12.9. The van der Waals surface area contributed by atoms with Gasteiger partial charge in [-0.3, -0.25) is 9.69 Å². The molecule has 1 aromatic rings. The van der Waals surface area contributed by atoms with E-state index in [0.29, 0.717) is 6.54 Å². The maximum atomic E-state index is 12.0. The van der Waals surface area contributed by atoms with Gasteiger partial charge < -0.3 is 15.4 Å². The minimum atomic E-state index is -0.107. The van der Waals surface area contributed by atoms with Crippen molar-refractivity contribution in [2.75, 3.05) is 33.3 Å². The summed E-state index contributed by atoms with van der Waals surface area (Å²) >= 11 is 0. The molecule has 2 rings (SSSR count). The van der Waals surface area contributed by atoms with Gasteiger partial charge in [0.05, 0.1) is 6.61 Å². The number of benzene rings is 1. The third kappa shape index (κ3) is 4.44. The Morgan fingerprint density at radius 3 is 3.14 bits per heavy atom. The molecule has 0 saturated carbocycles. The highest BCUT2D eigenvalue weighted by Gasteiger charge is 2.27. The third-order valence-corrected chi connectivity index (χ3v) is 3.66. The van der Waals surface area contributed by atoms with E-state index in [9.17, 15) is 4.79 Å². The Labute approximate surface area is 126 Å². The van der Waals surface area contributed by atoms with Crippen molar-refractivity contribution >= 4 is 5.91 Å². The van der Waals surface area contributed by atoms with E-state index in [1.54, 1.807) is 7.05 Å². The summed E-state index contributed by atoms with van der Waals surface area (Å²) in [5.74, 6) is 0.974. The second kappa shape index (κ2) is 8.00. The zero-order chi connectivity index (χ0) is 15.1. The number of nitrogens with zero attached hydrogens (tertiary/aromatic N) is 1. The van der Waals surface area contributed by atoms with Crippen molar-refractivity contribution in [2.45, 2.75) is 25.9 Å². The van der Waals surface area contributed by atoms with Gasteiger partial charge in [-0.05, 0) is 24.1 Å². The Balaban J connectivity index is 2.03. The third-order valence-electron chi connectivity index (χ3n) is 3.66. The van der Waals surface area contributed by atoms with Crippen LogP contribution in [0.4, 0.5) is 0 Å². The molecule has 116 valence electrons. The predicted octanol–water partition coefficient (Wildman–Crippen LogP) is 0.995. The van der Waals surface area contributed by atoms with Crippen LogP contribution in [0, 0.1) is 0 Å². The summed E-state index contributed by atoms with van der Waals surface area (Å²) in [5, 5.41) is 6.02. The van der Waals surface area contributed by atoms with Gasteiger partial charge in [0.2, 0.25) is 5.91 Å². The van der Waals surface area contributed by atoms with Crippen molar-refractivity contribution in [2.24, 2.45) is 0 Å². The van der Waals surface area contributed by atoms with E-state index in [1.165, 1.54) is 5.56 Å². The lowest BCUT2D eigenvalue weighted by molar-refractivity contribution is -0.126. The van der Waals surface area contributed by atoms with Crippen LogP contribution < -0.4 is 15.4 Å². The van der Waals surface area contributed by atoms with Crippen LogP contribution in [0.15, 0.2) is 24.3 Å². The van der Waals surface area contributed by atoms with E-state index in [4.69, 9.17) is 4.74 Å². The van der Waals surface area contributed by atoms with E-state index in [2.05, 4.69) is 34.6 Å². The number of hydrogen-bond donors (Lipinski definition) is 2. The van der Waals surface area contributed by atoms with Gasteiger partial charge in [-0.1, -0.05) is 19.1 Å². The van der Waals surface area contributed by atoms with Crippen LogP contribution in [0.5, 0.6) is 5.75 Å². The van der Waals surface area contributed by atoms with Gasteiger partial charge in [-0.2, -0.15) is 0 Å². The molecule has 21 heavy (non-hydrogen) atoms. The molecule has 1 aliphatic rings. The highest BCUT2D eigenvalue weighted by Crippen LogP contribution is 2.17. The lowest BCUT2D eigenvalue weighted by Gasteiger charge is -2.34. The summed E-state index contributed by atoms with van der Waals surface area (Å²) in [6.45, 7) is 6.09. The van der Waals surface area contributed by atoms with Crippen molar-refractivity contribution in [3.8, 4) is 5.75 Å². The fourth-order valence-corrected chi connectivity index (χ4v) is 2.55. The summed E-state index contributed by atoms with van der Waals surface area (Å²) in [5.41, 5.74) is 1.18. The molecule has 0 spiro atoms. The molecule has 1 unspecified atom stereocenters. The number of rotatable bonds is 6. The van der Waals surface area contributed by atoms with E-state index >= 15 is 0 Å². The first-order valence-corrected chi connectivity index (χ1v) is 7.62. The van der Waals surface area contributed by atoms with Gasteiger partial charge in [0.1, 0.15) is 11.8 Å². The van der Waals surface area contributed by atoms with E-state index in [1.807, 2.05) is 12.1 Å². The topological polar surface area (TPSA) is 53.6 Å². The summed E-state index contributed by atoms with van der Waals surface area (Å²) in [6.07, 6.45) is 1.00. The lowest BCUT2D eigenvalue weighted by atomic mass is 10.1.